The van der Waals surface area contributed by atoms with Crippen molar-refractivity contribution in [1.82, 2.24) is 9.47 Å². The Bertz CT molecular complexity index is 592. The number of hydrogen-bond donors (Lipinski definition) is 1. The van der Waals surface area contributed by atoms with Gasteiger partial charge in [-0.05, 0) is 11.6 Å². The summed E-state index contributed by atoms with van der Waals surface area (Å²) in [6.07, 6.45) is 2.06. The van der Waals surface area contributed by atoms with Crippen molar-refractivity contribution < 1.29 is 14.6 Å². The first-order valence-electron chi connectivity index (χ1n) is 6.58. The summed E-state index contributed by atoms with van der Waals surface area (Å²) in [7, 11) is 3.62. The number of carboxylic acids is 1. The van der Waals surface area contributed by atoms with Crippen LogP contribution in [0, 0.1) is 0 Å². The Morgan fingerprint density at radius 3 is 2.85 bits per heavy atom. The van der Waals surface area contributed by atoms with Gasteiger partial charge in [-0.15, -0.1) is 0 Å². The fourth-order valence-electron chi connectivity index (χ4n) is 2.42. The van der Waals surface area contributed by atoms with Crippen molar-refractivity contribution >= 4 is 16.9 Å². The minimum Gasteiger partial charge on any atom is -0.480 e. The third-order valence-corrected chi connectivity index (χ3v) is 3.34. The predicted molar refractivity (Wildman–Crippen MR) is 77.7 cm³/mol. The summed E-state index contributed by atoms with van der Waals surface area (Å²) in [5.74, 6) is -0.818. The van der Waals surface area contributed by atoms with Crippen molar-refractivity contribution in [3.8, 4) is 0 Å². The van der Waals surface area contributed by atoms with Crippen LogP contribution in [-0.2, 0) is 23.1 Å². The highest BCUT2D eigenvalue weighted by Crippen LogP contribution is 2.21. The van der Waals surface area contributed by atoms with E-state index in [1.54, 1.807) is 7.11 Å². The van der Waals surface area contributed by atoms with Crippen LogP contribution in [0.25, 0.3) is 10.9 Å². The van der Waals surface area contributed by atoms with Gasteiger partial charge in [0.05, 0.1) is 13.2 Å². The van der Waals surface area contributed by atoms with E-state index in [2.05, 4.69) is 22.9 Å². The van der Waals surface area contributed by atoms with E-state index >= 15 is 0 Å². The number of fused-ring (bicyclic) bond motifs is 1. The quantitative estimate of drug-likeness (QED) is 0.836. The van der Waals surface area contributed by atoms with Crippen molar-refractivity contribution in [3.63, 3.8) is 0 Å². The first-order chi connectivity index (χ1) is 9.61. The molecule has 0 aliphatic carbocycles. The van der Waals surface area contributed by atoms with Crippen molar-refractivity contribution in [2.24, 2.45) is 7.05 Å². The molecule has 5 nitrogen and oxygen atoms in total. The maximum atomic E-state index is 10.9. The second kappa shape index (κ2) is 6.54. The molecule has 0 aliphatic heterocycles. The van der Waals surface area contributed by atoms with Gasteiger partial charge in [0, 0.05) is 44.3 Å². The maximum Gasteiger partial charge on any atom is 0.317 e. The van der Waals surface area contributed by atoms with Crippen molar-refractivity contribution in [1.29, 1.82) is 0 Å². The van der Waals surface area contributed by atoms with Gasteiger partial charge in [-0.1, -0.05) is 18.2 Å². The van der Waals surface area contributed by atoms with Gasteiger partial charge >= 0.3 is 5.97 Å². The molecule has 1 N–H and O–H groups in total. The second-order valence-corrected chi connectivity index (χ2v) is 4.88. The molecule has 0 amide bonds. The number of carbonyl (C=O) groups is 1. The van der Waals surface area contributed by atoms with E-state index in [0.29, 0.717) is 19.7 Å². The first kappa shape index (κ1) is 14.6. The molecule has 1 heterocycles. The summed E-state index contributed by atoms with van der Waals surface area (Å²) in [6.45, 7) is 1.76. The van der Waals surface area contributed by atoms with E-state index in [1.807, 2.05) is 24.1 Å². The second-order valence-electron chi connectivity index (χ2n) is 4.88. The smallest absolute Gasteiger partial charge is 0.317 e. The lowest BCUT2D eigenvalue weighted by atomic mass is 10.1. The number of hydrogen-bond acceptors (Lipinski definition) is 3. The molecule has 0 aliphatic rings. The molecular formula is C15H20N2O3. The number of benzene rings is 1. The van der Waals surface area contributed by atoms with Crippen LogP contribution in [0.15, 0.2) is 30.5 Å². The summed E-state index contributed by atoms with van der Waals surface area (Å²) in [5, 5.41) is 10.2. The average molecular weight is 276 g/mol. The molecule has 0 radical (unpaired) electrons. The van der Waals surface area contributed by atoms with Gasteiger partial charge < -0.3 is 14.4 Å². The van der Waals surface area contributed by atoms with Crippen LogP contribution in [0.2, 0.25) is 0 Å². The lowest BCUT2D eigenvalue weighted by molar-refractivity contribution is -0.138. The van der Waals surface area contributed by atoms with E-state index < -0.39 is 5.97 Å². The minimum atomic E-state index is -0.818. The molecule has 0 bridgehead atoms. The van der Waals surface area contributed by atoms with Crippen LogP contribution in [0.5, 0.6) is 0 Å². The third kappa shape index (κ3) is 3.37. The van der Waals surface area contributed by atoms with E-state index in [9.17, 15) is 4.79 Å². The third-order valence-electron chi connectivity index (χ3n) is 3.34. The number of nitrogens with zero attached hydrogens (tertiary/aromatic N) is 2. The Morgan fingerprint density at radius 2 is 2.15 bits per heavy atom. The minimum absolute atomic E-state index is 0.0204. The van der Waals surface area contributed by atoms with Crippen LogP contribution in [-0.4, -0.2) is 47.3 Å². The number of para-hydroxylation sites is 1. The summed E-state index contributed by atoms with van der Waals surface area (Å²) >= 11 is 0. The zero-order valence-corrected chi connectivity index (χ0v) is 11.9. The van der Waals surface area contributed by atoms with Gasteiger partial charge in [0.15, 0.2) is 0 Å². The summed E-state index contributed by atoms with van der Waals surface area (Å²) in [4.78, 5) is 12.8. The van der Waals surface area contributed by atoms with Crippen LogP contribution < -0.4 is 0 Å². The lowest BCUT2D eigenvalue weighted by Crippen LogP contribution is -2.32. The normalized spacial score (nSPS) is 11.3. The zero-order chi connectivity index (χ0) is 14.5. The van der Waals surface area contributed by atoms with Crippen molar-refractivity contribution in [3.05, 3.63) is 36.0 Å². The predicted octanol–water partition coefficient (Wildman–Crippen LogP) is 1.71. The molecule has 1 aromatic heterocycles. The molecular weight excluding hydrogens is 256 g/mol. The molecule has 0 saturated heterocycles. The van der Waals surface area contributed by atoms with Crippen molar-refractivity contribution in [2.75, 3.05) is 26.8 Å². The van der Waals surface area contributed by atoms with Gasteiger partial charge in [0.1, 0.15) is 0 Å². The molecule has 0 unspecified atom stereocenters. The van der Waals surface area contributed by atoms with E-state index in [0.717, 1.165) is 11.1 Å². The molecule has 0 atom stereocenters. The highest BCUT2D eigenvalue weighted by molar-refractivity contribution is 5.83. The molecule has 108 valence electrons. The van der Waals surface area contributed by atoms with Gasteiger partial charge in [-0.3, -0.25) is 9.69 Å². The average Bonchev–Trinajstić information content (AvgIpc) is 2.73. The van der Waals surface area contributed by atoms with Gasteiger partial charge in [-0.25, -0.2) is 0 Å². The maximum absolute atomic E-state index is 10.9. The zero-order valence-electron chi connectivity index (χ0n) is 11.9. The highest BCUT2D eigenvalue weighted by Gasteiger charge is 2.13. The first-order valence-corrected chi connectivity index (χ1v) is 6.58. The number of aliphatic carboxylic acids is 1. The van der Waals surface area contributed by atoms with Crippen LogP contribution >= 0.6 is 0 Å². The fraction of sp³-hybridized carbons (Fsp3) is 0.400. The topological polar surface area (TPSA) is 54.7 Å². The van der Waals surface area contributed by atoms with Gasteiger partial charge in [0.25, 0.3) is 0 Å². The molecule has 20 heavy (non-hydrogen) atoms. The molecule has 0 spiro atoms. The van der Waals surface area contributed by atoms with Gasteiger partial charge in [0.2, 0.25) is 0 Å². The Balaban J connectivity index is 2.21. The molecule has 5 heteroatoms. The number of carboxylic acid groups (broad SMARTS) is 1. The van der Waals surface area contributed by atoms with Crippen LogP contribution in [0.1, 0.15) is 5.56 Å². The molecule has 1 aromatic carbocycles. The van der Waals surface area contributed by atoms with Crippen molar-refractivity contribution in [2.45, 2.75) is 6.54 Å². The van der Waals surface area contributed by atoms with Gasteiger partial charge in [-0.2, -0.15) is 0 Å². The van der Waals surface area contributed by atoms with E-state index in [1.165, 1.54) is 5.39 Å². The number of ether oxygens (including phenoxy) is 1. The van der Waals surface area contributed by atoms with Crippen LogP contribution in [0.4, 0.5) is 0 Å². The highest BCUT2D eigenvalue weighted by atomic mass is 16.5. The number of aromatic nitrogens is 1. The Labute approximate surface area is 118 Å². The Hall–Kier alpha value is -1.85. The monoisotopic (exact) mass is 276 g/mol. The standard InChI is InChI=1S/C15H20N2O3/c1-16-9-12(13-5-3-4-6-14(13)16)10-17(7-8-20-2)11-15(18)19/h3-6,9H,7-8,10-11H2,1-2H3,(H,18,19). The van der Waals surface area contributed by atoms with E-state index in [-0.39, 0.29) is 6.54 Å². The lowest BCUT2D eigenvalue weighted by Gasteiger charge is -2.19. The SMILES string of the molecule is COCCN(CC(=O)O)Cc1cn(C)c2ccccc12. The summed E-state index contributed by atoms with van der Waals surface area (Å²) in [5.41, 5.74) is 2.30. The molecule has 2 rings (SSSR count). The molecule has 2 aromatic rings. The number of aryl methyl sites for hydroxylation is 1. The van der Waals surface area contributed by atoms with E-state index in [4.69, 9.17) is 9.84 Å². The number of rotatable bonds is 7. The molecule has 0 fully saturated rings. The summed E-state index contributed by atoms with van der Waals surface area (Å²) in [6, 6.07) is 8.14. The fourth-order valence-corrected chi connectivity index (χ4v) is 2.42. The largest absolute Gasteiger partial charge is 0.480 e. The number of methoxy groups -OCH3 is 1. The Kier molecular flexibility index (Phi) is 4.76. The molecule has 0 saturated carbocycles. The Morgan fingerprint density at radius 1 is 1.40 bits per heavy atom. The summed E-state index contributed by atoms with van der Waals surface area (Å²) < 4.78 is 7.11. The van der Waals surface area contributed by atoms with Crippen LogP contribution in [0.3, 0.4) is 0 Å².